The Morgan fingerprint density at radius 1 is 0.970 bits per heavy atom. The molecule has 33 heavy (non-hydrogen) atoms. The normalized spacial score (nSPS) is 11.5. The van der Waals surface area contributed by atoms with Crippen LogP contribution < -0.4 is 0 Å². The maximum absolute atomic E-state index is 12.5. The van der Waals surface area contributed by atoms with Crippen LogP contribution >= 0.6 is 11.3 Å². The van der Waals surface area contributed by atoms with Crippen LogP contribution in [0.2, 0.25) is 0 Å². The SMILES string of the molecule is CS(=O)(=O)c1cccc(-c2ccc3nc(CC(=O)CCc4cccc(C(=O)O)c4)sc3c2)c1. The number of nitrogens with zero attached hydrogens (tertiary/aromatic N) is 1. The number of benzene rings is 3. The van der Waals surface area contributed by atoms with Crippen molar-refractivity contribution in [2.75, 3.05) is 6.26 Å². The van der Waals surface area contributed by atoms with Crippen molar-refractivity contribution < 1.29 is 23.1 Å². The molecule has 4 rings (SSSR count). The summed E-state index contributed by atoms with van der Waals surface area (Å²) in [5.41, 5.74) is 3.50. The summed E-state index contributed by atoms with van der Waals surface area (Å²) in [6.45, 7) is 0. The molecule has 168 valence electrons. The highest BCUT2D eigenvalue weighted by molar-refractivity contribution is 7.90. The first-order valence-electron chi connectivity index (χ1n) is 10.2. The van der Waals surface area contributed by atoms with Crippen LogP contribution in [0.25, 0.3) is 21.3 Å². The molecule has 0 bridgehead atoms. The second-order valence-electron chi connectivity index (χ2n) is 7.81. The highest BCUT2D eigenvalue weighted by Gasteiger charge is 2.13. The third kappa shape index (κ3) is 5.53. The lowest BCUT2D eigenvalue weighted by Gasteiger charge is -2.04. The zero-order valence-corrected chi connectivity index (χ0v) is 19.4. The van der Waals surface area contributed by atoms with E-state index in [4.69, 9.17) is 5.11 Å². The lowest BCUT2D eigenvalue weighted by molar-refractivity contribution is -0.118. The quantitative estimate of drug-likeness (QED) is 0.389. The van der Waals surface area contributed by atoms with Gasteiger partial charge >= 0.3 is 5.97 Å². The summed E-state index contributed by atoms with van der Waals surface area (Å²) in [4.78, 5) is 28.4. The molecule has 0 saturated carbocycles. The van der Waals surface area contributed by atoms with Gasteiger partial charge in [0.1, 0.15) is 10.8 Å². The predicted molar refractivity (Wildman–Crippen MR) is 129 cm³/mol. The molecule has 0 saturated heterocycles. The molecule has 4 aromatic rings. The van der Waals surface area contributed by atoms with Crippen LogP contribution in [-0.4, -0.2) is 36.5 Å². The van der Waals surface area contributed by atoms with E-state index in [-0.39, 0.29) is 22.7 Å². The molecule has 1 aromatic heterocycles. The summed E-state index contributed by atoms with van der Waals surface area (Å²) in [6.07, 6.45) is 2.19. The summed E-state index contributed by atoms with van der Waals surface area (Å²) >= 11 is 1.44. The van der Waals surface area contributed by atoms with Gasteiger partial charge in [-0.25, -0.2) is 18.2 Å². The van der Waals surface area contributed by atoms with E-state index < -0.39 is 15.8 Å². The zero-order valence-electron chi connectivity index (χ0n) is 17.8. The van der Waals surface area contributed by atoms with Gasteiger partial charge in [0.15, 0.2) is 9.84 Å². The fraction of sp³-hybridized carbons (Fsp3) is 0.160. The summed E-state index contributed by atoms with van der Waals surface area (Å²) < 4.78 is 24.6. The number of rotatable bonds is 8. The lowest BCUT2D eigenvalue weighted by Crippen LogP contribution is -2.05. The molecule has 0 spiro atoms. The minimum Gasteiger partial charge on any atom is -0.478 e. The maximum atomic E-state index is 12.5. The van der Waals surface area contributed by atoms with Crippen molar-refractivity contribution in [1.82, 2.24) is 4.98 Å². The summed E-state index contributed by atoms with van der Waals surface area (Å²) in [5, 5.41) is 9.81. The first kappa shape index (κ1) is 22.8. The maximum Gasteiger partial charge on any atom is 0.335 e. The number of hydrogen-bond donors (Lipinski definition) is 1. The Kier molecular flexibility index (Phi) is 6.40. The van der Waals surface area contributed by atoms with E-state index in [0.29, 0.717) is 12.8 Å². The number of aryl methyl sites for hydroxylation is 1. The summed E-state index contributed by atoms with van der Waals surface area (Å²) in [5.74, 6) is -0.948. The molecular formula is C25H21NO5S2. The smallest absolute Gasteiger partial charge is 0.335 e. The van der Waals surface area contributed by atoms with Crippen LogP contribution in [0.1, 0.15) is 27.3 Å². The van der Waals surface area contributed by atoms with Gasteiger partial charge in [0.2, 0.25) is 0 Å². The van der Waals surface area contributed by atoms with Crippen molar-refractivity contribution in [3.05, 3.63) is 82.9 Å². The summed E-state index contributed by atoms with van der Waals surface area (Å²) in [7, 11) is -3.29. The van der Waals surface area contributed by atoms with Gasteiger partial charge in [0, 0.05) is 12.7 Å². The topological polar surface area (TPSA) is 101 Å². The van der Waals surface area contributed by atoms with Crippen molar-refractivity contribution >= 4 is 43.1 Å². The molecule has 1 heterocycles. The molecule has 0 radical (unpaired) electrons. The number of carbonyl (C=O) groups excluding carboxylic acids is 1. The molecule has 0 atom stereocenters. The fourth-order valence-electron chi connectivity index (χ4n) is 3.53. The van der Waals surface area contributed by atoms with Crippen LogP contribution in [0.4, 0.5) is 0 Å². The highest BCUT2D eigenvalue weighted by atomic mass is 32.2. The third-order valence-corrected chi connectivity index (χ3v) is 7.37. The van der Waals surface area contributed by atoms with E-state index in [1.807, 2.05) is 30.3 Å². The number of thiazole rings is 1. The average Bonchev–Trinajstić information content (AvgIpc) is 3.18. The Hall–Kier alpha value is -3.36. The molecular weight excluding hydrogens is 458 g/mol. The molecule has 6 nitrogen and oxygen atoms in total. The highest BCUT2D eigenvalue weighted by Crippen LogP contribution is 2.30. The molecule has 0 unspecified atom stereocenters. The van der Waals surface area contributed by atoms with Gasteiger partial charge in [0.05, 0.1) is 27.1 Å². The molecule has 3 aromatic carbocycles. The largest absolute Gasteiger partial charge is 0.478 e. The second kappa shape index (κ2) is 9.25. The van der Waals surface area contributed by atoms with E-state index in [1.165, 1.54) is 23.7 Å². The van der Waals surface area contributed by atoms with Crippen LogP contribution in [0.3, 0.4) is 0 Å². The number of aromatic carboxylic acids is 1. The first-order chi connectivity index (χ1) is 15.7. The average molecular weight is 480 g/mol. The number of sulfone groups is 1. The van der Waals surface area contributed by atoms with Gasteiger partial charge in [-0.1, -0.05) is 30.3 Å². The molecule has 0 amide bonds. The third-order valence-electron chi connectivity index (χ3n) is 5.24. The molecule has 8 heteroatoms. The number of aromatic nitrogens is 1. The van der Waals surface area contributed by atoms with Crippen LogP contribution in [0.5, 0.6) is 0 Å². The number of Topliss-reactive ketones (excluding diaryl/α,β-unsaturated/α-hetero) is 1. The van der Waals surface area contributed by atoms with Crippen molar-refractivity contribution in [3.8, 4) is 11.1 Å². The number of carboxylic acids is 1. The number of carboxylic acid groups (broad SMARTS) is 1. The van der Waals surface area contributed by atoms with Gasteiger partial charge in [-0.2, -0.15) is 0 Å². The Balaban J connectivity index is 1.47. The number of ketones is 1. The van der Waals surface area contributed by atoms with Crippen LogP contribution in [0.15, 0.2) is 71.6 Å². The molecule has 0 aliphatic heterocycles. The molecule has 0 aliphatic carbocycles. The molecule has 0 aliphatic rings. The van der Waals surface area contributed by atoms with E-state index in [1.54, 1.807) is 30.3 Å². The standard InChI is InChI=1S/C25H21NO5S2/c1-33(30,31)21-7-3-5-17(13-21)18-9-11-22-23(14-18)32-24(26-22)15-20(27)10-8-16-4-2-6-19(12-16)25(28)29/h2-7,9,11-14H,8,10,15H2,1H3,(H,28,29). The predicted octanol–water partition coefficient (Wildman–Crippen LogP) is 4.81. The van der Waals surface area contributed by atoms with Gasteiger partial charge < -0.3 is 5.11 Å². The van der Waals surface area contributed by atoms with Crippen LogP contribution in [0, 0.1) is 0 Å². The number of carbonyl (C=O) groups is 2. The zero-order chi connectivity index (χ0) is 23.6. The Bertz CT molecular complexity index is 1470. The van der Waals surface area contributed by atoms with E-state index in [9.17, 15) is 18.0 Å². The van der Waals surface area contributed by atoms with E-state index in [2.05, 4.69) is 4.98 Å². The fourth-order valence-corrected chi connectivity index (χ4v) is 5.24. The van der Waals surface area contributed by atoms with Crippen molar-refractivity contribution in [3.63, 3.8) is 0 Å². The van der Waals surface area contributed by atoms with Gasteiger partial charge in [-0.15, -0.1) is 11.3 Å². The number of fused-ring (bicyclic) bond motifs is 1. The molecule has 1 N–H and O–H groups in total. The Morgan fingerprint density at radius 3 is 2.48 bits per heavy atom. The Labute approximate surface area is 195 Å². The van der Waals surface area contributed by atoms with Gasteiger partial charge in [-0.05, 0) is 59.5 Å². The Morgan fingerprint density at radius 2 is 1.73 bits per heavy atom. The van der Waals surface area contributed by atoms with E-state index >= 15 is 0 Å². The van der Waals surface area contributed by atoms with E-state index in [0.717, 1.165) is 31.9 Å². The van der Waals surface area contributed by atoms with Crippen LogP contribution in [-0.2, 0) is 27.5 Å². The lowest BCUT2D eigenvalue weighted by atomic mass is 10.0. The van der Waals surface area contributed by atoms with Crippen molar-refractivity contribution in [2.24, 2.45) is 0 Å². The monoisotopic (exact) mass is 479 g/mol. The minimum absolute atomic E-state index is 0.0378. The first-order valence-corrected chi connectivity index (χ1v) is 12.9. The summed E-state index contributed by atoms with van der Waals surface area (Å²) in [6, 6.07) is 19.2. The van der Waals surface area contributed by atoms with Crippen molar-refractivity contribution in [2.45, 2.75) is 24.2 Å². The minimum atomic E-state index is -3.29. The number of hydrogen-bond acceptors (Lipinski definition) is 6. The second-order valence-corrected chi connectivity index (χ2v) is 10.9. The van der Waals surface area contributed by atoms with Gasteiger partial charge in [-0.3, -0.25) is 4.79 Å². The van der Waals surface area contributed by atoms with Crippen molar-refractivity contribution in [1.29, 1.82) is 0 Å². The molecule has 0 fully saturated rings. The van der Waals surface area contributed by atoms with Gasteiger partial charge in [0.25, 0.3) is 0 Å².